The van der Waals surface area contributed by atoms with Crippen molar-refractivity contribution in [2.24, 2.45) is 5.92 Å². The molecule has 0 atom stereocenters. The number of rotatable bonds is 9. The zero-order valence-electron chi connectivity index (χ0n) is 18.3. The minimum absolute atomic E-state index is 0.189. The van der Waals surface area contributed by atoms with Crippen LogP contribution in [0.15, 0.2) is 18.2 Å². The highest BCUT2D eigenvalue weighted by Crippen LogP contribution is 2.35. The van der Waals surface area contributed by atoms with E-state index in [-0.39, 0.29) is 24.4 Å². The van der Waals surface area contributed by atoms with Crippen LogP contribution in [0.3, 0.4) is 0 Å². The SMILES string of the molecule is CCOC(=O)C1CCN(C(=O)COC(=O)/C=C/c2cc(OC)c(OC)cc2OC)CC1. The molecule has 1 heterocycles. The molecule has 1 aromatic carbocycles. The van der Waals surface area contributed by atoms with Crippen LogP contribution in [0.25, 0.3) is 6.08 Å². The molecule has 0 unspecified atom stereocenters. The maximum atomic E-state index is 12.3. The molecule has 0 radical (unpaired) electrons. The van der Waals surface area contributed by atoms with E-state index in [1.165, 1.54) is 33.5 Å². The number of carbonyl (C=O) groups is 3. The van der Waals surface area contributed by atoms with E-state index < -0.39 is 5.97 Å². The summed E-state index contributed by atoms with van der Waals surface area (Å²) in [5, 5.41) is 0. The van der Waals surface area contributed by atoms with Gasteiger partial charge in [0.2, 0.25) is 0 Å². The molecule has 1 aliphatic heterocycles. The Hall–Kier alpha value is -3.23. The second kappa shape index (κ2) is 11.8. The second-order valence-electron chi connectivity index (χ2n) is 6.80. The third-order valence-electron chi connectivity index (χ3n) is 4.94. The van der Waals surface area contributed by atoms with Gasteiger partial charge in [0, 0.05) is 30.8 Å². The fourth-order valence-electron chi connectivity index (χ4n) is 3.24. The van der Waals surface area contributed by atoms with E-state index in [0.29, 0.717) is 55.4 Å². The van der Waals surface area contributed by atoms with E-state index in [0.717, 1.165) is 0 Å². The summed E-state index contributed by atoms with van der Waals surface area (Å²) < 4.78 is 25.9. The van der Waals surface area contributed by atoms with Gasteiger partial charge < -0.3 is 28.6 Å². The van der Waals surface area contributed by atoms with Crippen LogP contribution in [0.2, 0.25) is 0 Å². The predicted octanol–water partition coefficient (Wildman–Crippen LogP) is 2.07. The molecule has 0 spiro atoms. The van der Waals surface area contributed by atoms with Crippen molar-refractivity contribution in [2.45, 2.75) is 19.8 Å². The molecule has 31 heavy (non-hydrogen) atoms. The highest BCUT2D eigenvalue weighted by atomic mass is 16.5. The first-order chi connectivity index (χ1) is 14.9. The predicted molar refractivity (Wildman–Crippen MR) is 112 cm³/mol. The first kappa shape index (κ1) is 24.0. The average molecular weight is 435 g/mol. The topological polar surface area (TPSA) is 101 Å². The molecule has 9 nitrogen and oxygen atoms in total. The third kappa shape index (κ3) is 6.63. The van der Waals surface area contributed by atoms with Gasteiger partial charge in [-0.1, -0.05) is 0 Å². The van der Waals surface area contributed by atoms with Crippen molar-refractivity contribution >= 4 is 23.9 Å². The molecule has 170 valence electrons. The number of methoxy groups -OCH3 is 3. The maximum absolute atomic E-state index is 12.3. The van der Waals surface area contributed by atoms with Crippen LogP contribution in [0.1, 0.15) is 25.3 Å². The lowest BCUT2D eigenvalue weighted by molar-refractivity contribution is -0.153. The van der Waals surface area contributed by atoms with E-state index in [4.69, 9.17) is 23.7 Å². The molecule has 1 saturated heterocycles. The van der Waals surface area contributed by atoms with Gasteiger partial charge in [0.25, 0.3) is 5.91 Å². The number of carbonyl (C=O) groups excluding carboxylic acids is 3. The smallest absolute Gasteiger partial charge is 0.331 e. The third-order valence-corrected chi connectivity index (χ3v) is 4.94. The Morgan fingerprint density at radius 3 is 2.16 bits per heavy atom. The number of piperidine rings is 1. The highest BCUT2D eigenvalue weighted by molar-refractivity contribution is 5.90. The van der Waals surface area contributed by atoms with Crippen LogP contribution in [0, 0.1) is 5.92 Å². The molecular weight excluding hydrogens is 406 g/mol. The van der Waals surface area contributed by atoms with Gasteiger partial charge in [-0.3, -0.25) is 9.59 Å². The summed E-state index contributed by atoms with van der Waals surface area (Å²) in [6.07, 6.45) is 3.80. The number of hydrogen-bond donors (Lipinski definition) is 0. The second-order valence-corrected chi connectivity index (χ2v) is 6.80. The van der Waals surface area contributed by atoms with Crippen molar-refractivity contribution < 1.29 is 38.1 Å². The van der Waals surface area contributed by atoms with Gasteiger partial charge >= 0.3 is 11.9 Å². The van der Waals surface area contributed by atoms with Gasteiger partial charge in [0.05, 0.1) is 33.9 Å². The maximum Gasteiger partial charge on any atom is 0.331 e. The summed E-state index contributed by atoms with van der Waals surface area (Å²) in [5.41, 5.74) is 0.587. The lowest BCUT2D eigenvalue weighted by Gasteiger charge is -2.30. The van der Waals surface area contributed by atoms with Gasteiger partial charge in [-0.2, -0.15) is 0 Å². The van der Waals surface area contributed by atoms with Gasteiger partial charge in [-0.25, -0.2) is 4.79 Å². The fourth-order valence-corrected chi connectivity index (χ4v) is 3.24. The quantitative estimate of drug-likeness (QED) is 0.429. The van der Waals surface area contributed by atoms with Gasteiger partial charge in [-0.05, 0) is 31.9 Å². The Kier molecular flexibility index (Phi) is 9.17. The van der Waals surface area contributed by atoms with E-state index in [1.807, 2.05) is 0 Å². The standard InChI is InChI=1S/C22H29NO8/c1-5-30-22(26)15-8-10-23(11-9-15)20(24)14-31-21(25)7-6-16-12-18(28-3)19(29-4)13-17(16)27-2/h6-7,12-13,15H,5,8-11,14H2,1-4H3/b7-6+. The molecule has 1 amide bonds. The lowest BCUT2D eigenvalue weighted by Crippen LogP contribution is -2.42. The molecule has 9 heteroatoms. The minimum atomic E-state index is -0.661. The Balaban J connectivity index is 1.87. The summed E-state index contributed by atoms with van der Waals surface area (Å²) in [6, 6.07) is 3.31. The van der Waals surface area contributed by atoms with E-state index in [9.17, 15) is 14.4 Å². The van der Waals surface area contributed by atoms with Crippen molar-refractivity contribution in [2.75, 3.05) is 47.6 Å². The molecule has 0 aliphatic carbocycles. The summed E-state index contributed by atoms with van der Waals surface area (Å²) in [5.74, 6) is 0.0958. The first-order valence-electron chi connectivity index (χ1n) is 10.0. The van der Waals surface area contributed by atoms with Gasteiger partial charge in [0.1, 0.15) is 5.75 Å². The lowest BCUT2D eigenvalue weighted by atomic mass is 9.97. The van der Waals surface area contributed by atoms with Gasteiger partial charge in [-0.15, -0.1) is 0 Å². The number of esters is 2. The number of benzene rings is 1. The Labute approximate surface area is 181 Å². The first-order valence-corrected chi connectivity index (χ1v) is 10.0. The van der Waals surface area contributed by atoms with Crippen LogP contribution >= 0.6 is 0 Å². The Bertz CT molecular complexity index is 812. The van der Waals surface area contributed by atoms with Crippen molar-refractivity contribution in [3.05, 3.63) is 23.8 Å². The molecule has 0 saturated carbocycles. The normalized spacial score (nSPS) is 14.3. The monoisotopic (exact) mass is 435 g/mol. The highest BCUT2D eigenvalue weighted by Gasteiger charge is 2.28. The van der Waals surface area contributed by atoms with Crippen LogP contribution < -0.4 is 14.2 Å². The van der Waals surface area contributed by atoms with Crippen molar-refractivity contribution in [1.29, 1.82) is 0 Å². The molecule has 1 aromatic rings. The largest absolute Gasteiger partial charge is 0.496 e. The van der Waals surface area contributed by atoms with Gasteiger partial charge in [0.15, 0.2) is 18.1 Å². The number of nitrogens with zero attached hydrogens (tertiary/aromatic N) is 1. The number of amides is 1. The molecule has 1 aliphatic rings. The Morgan fingerprint density at radius 2 is 1.58 bits per heavy atom. The van der Waals surface area contributed by atoms with Crippen molar-refractivity contribution in [3.63, 3.8) is 0 Å². The van der Waals surface area contributed by atoms with Crippen LogP contribution in [-0.2, 0) is 23.9 Å². The summed E-state index contributed by atoms with van der Waals surface area (Å²) in [7, 11) is 4.52. The van der Waals surface area contributed by atoms with Crippen LogP contribution in [0.5, 0.6) is 17.2 Å². The van der Waals surface area contributed by atoms with Crippen molar-refractivity contribution in [1.82, 2.24) is 4.90 Å². The summed E-state index contributed by atoms with van der Waals surface area (Å²) in [4.78, 5) is 37.7. The van der Waals surface area contributed by atoms with E-state index in [1.54, 1.807) is 24.0 Å². The zero-order valence-corrected chi connectivity index (χ0v) is 18.3. The van der Waals surface area contributed by atoms with Crippen LogP contribution in [-0.4, -0.2) is 70.4 Å². The Morgan fingerprint density at radius 1 is 0.968 bits per heavy atom. The van der Waals surface area contributed by atoms with Crippen LogP contribution in [0.4, 0.5) is 0 Å². The number of likely N-dealkylation sites (tertiary alicyclic amines) is 1. The van der Waals surface area contributed by atoms with E-state index in [2.05, 4.69) is 0 Å². The molecule has 1 fully saturated rings. The number of ether oxygens (including phenoxy) is 5. The molecule has 0 bridgehead atoms. The molecule has 0 N–H and O–H groups in total. The minimum Gasteiger partial charge on any atom is -0.496 e. The molecule has 2 rings (SSSR count). The molecule has 0 aromatic heterocycles. The average Bonchev–Trinajstić information content (AvgIpc) is 2.80. The molecular formula is C22H29NO8. The number of hydrogen-bond acceptors (Lipinski definition) is 8. The fraction of sp³-hybridized carbons (Fsp3) is 0.500. The summed E-state index contributed by atoms with van der Waals surface area (Å²) >= 11 is 0. The summed E-state index contributed by atoms with van der Waals surface area (Å²) in [6.45, 7) is 2.60. The van der Waals surface area contributed by atoms with Crippen molar-refractivity contribution in [3.8, 4) is 17.2 Å². The van der Waals surface area contributed by atoms with E-state index >= 15 is 0 Å². The zero-order chi connectivity index (χ0) is 22.8.